The zero-order chi connectivity index (χ0) is 23.5. The number of methoxy groups -OCH3 is 2. The van der Waals surface area contributed by atoms with Crippen molar-refractivity contribution in [3.63, 3.8) is 0 Å². The number of hydrogen-bond acceptors (Lipinski definition) is 8. The fourth-order valence-corrected chi connectivity index (χ4v) is 4.73. The first-order valence-electron chi connectivity index (χ1n) is 10.7. The van der Waals surface area contributed by atoms with Gasteiger partial charge in [-0.15, -0.1) is 11.3 Å². The van der Waals surface area contributed by atoms with E-state index in [2.05, 4.69) is 5.16 Å². The molecule has 1 unspecified atom stereocenters. The molecule has 0 bridgehead atoms. The maximum Gasteiger partial charge on any atom is 0.257 e. The molecule has 0 N–H and O–H groups in total. The monoisotopic (exact) mass is 468 g/mol. The highest BCUT2D eigenvalue weighted by atomic mass is 32.1. The Bertz CT molecular complexity index is 1140. The molecular formula is C24H28N4O4S. The minimum absolute atomic E-state index is 0.0735. The lowest BCUT2D eigenvalue weighted by molar-refractivity contribution is -0.134. The van der Waals surface area contributed by atoms with E-state index < -0.39 is 0 Å². The van der Waals surface area contributed by atoms with Gasteiger partial charge >= 0.3 is 0 Å². The van der Waals surface area contributed by atoms with Crippen LogP contribution in [0.1, 0.15) is 39.9 Å². The molecule has 0 radical (unpaired) electrons. The number of carbonyl (C=O) groups excluding carboxylic acids is 1. The normalized spacial score (nSPS) is 15.8. The molecule has 174 valence electrons. The molecule has 8 nitrogen and oxygen atoms in total. The van der Waals surface area contributed by atoms with Gasteiger partial charge in [-0.05, 0) is 50.0 Å². The first kappa shape index (κ1) is 23.0. The van der Waals surface area contributed by atoms with Crippen molar-refractivity contribution < 1.29 is 18.8 Å². The van der Waals surface area contributed by atoms with Crippen molar-refractivity contribution in [1.29, 1.82) is 0 Å². The molecule has 3 aromatic rings. The number of hydrogen-bond donors (Lipinski definition) is 0. The van der Waals surface area contributed by atoms with Gasteiger partial charge in [0.05, 0.1) is 43.1 Å². The van der Waals surface area contributed by atoms with Crippen LogP contribution < -0.4 is 9.47 Å². The predicted octanol–water partition coefficient (Wildman–Crippen LogP) is 4.18. The van der Waals surface area contributed by atoms with Crippen LogP contribution in [0, 0.1) is 13.8 Å². The Kier molecular flexibility index (Phi) is 6.80. The van der Waals surface area contributed by atoms with Crippen molar-refractivity contribution in [2.45, 2.75) is 32.9 Å². The minimum Gasteiger partial charge on any atom is -0.493 e. The minimum atomic E-state index is -0.220. The van der Waals surface area contributed by atoms with Gasteiger partial charge in [0.2, 0.25) is 0 Å². The second-order valence-corrected chi connectivity index (χ2v) is 9.02. The standard InChI is InChI=1S/C24H28N4O4S/c1-15-18(16(2)32-26-15)13-27(3)14-24(29)28-20(12-19(25-28)23-7-6-10-33-23)17-8-9-21(30-4)22(11-17)31-5/h6-11,20H,12-14H2,1-5H3. The highest BCUT2D eigenvalue weighted by molar-refractivity contribution is 7.12. The third-order valence-electron chi connectivity index (χ3n) is 5.78. The van der Waals surface area contributed by atoms with Crippen LogP contribution in [0.3, 0.4) is 0 Å². The van der Waals surface area contributed by atoms with E-state index in [0.717, 1.165) is 33.2 Å². The number of benzene rings is 1. The third-order valence-corrected chi connectivity index (χ3v) is 6.70. The molecule has 4 rings (SSSR count). The van der Waals surface area contributed by atoms with Gasteiger partial charge in [-0.3, -0.25) is 9.69 Å². The maximum atomic E-state index is 13.4. The number of likely N-dealkylation sites (N-methyl/N-ethyl adjacent to an activating group) is 1. The van der Waals surface area contributed by atoms with Gasteiger partial charge in [0.25, 0.3) is 5.91 Å². The molecule has 1 aliphatic heterocycles. The summed E-state index contributed by atoms with van der Waals surface area (Å²) in [7, 11) is 5.13. The number of aromatic nitrogens is 1. The Morgan fingerprint density at radius 3 is 2.67 bits per heavy atom. The fraction of sp³-hybridized carbons (Fsp3) is 0.375. The number of ether oxygens (including phenoxy) is 2. The Morgan fingerprint density at radius 1 is 1.24 bits per heavy atom. The summed E-state index contributed by atoms with van der Waals surface area (Å²) in [5, 5.41) is 12.4. The van der Waals surface area contributed by atoms with E-state index in [1.807, 2.05) is 61.5 Å². The van der Waals surface area contributed by atoms with Crippen LogP contribution in [0.5, 0.6) is 11.5 Å². The van der Waals surface area contributed by atoms with Crippen molar-refractivity contribution in [2.24, 2.45) is 5.10 Å². The van der Waals surface area contributed by atoms with Gasteiger partial charge in [-0.25, -0.2) is 5.01 Å². The summed E-state index contributed by atoms with van der Waals surface area (Å²) in [5.74, 6) is 1.97. The Hall–Kier alpha value is -3.17. The molecule has 2 aromatic heterocycles. The van der Waals surface area contributed by atoms with Crippen LogP contribution in [0.25, 0.3) is 0 Å². The van der Waals surface area contributed by atoms with Gasteiger partial charge in [0.1, 0.15) is 5.76 Å². The van der Waals surface area contributed by atoms with Crippen molar-refractivity contribution in [2.75, 3.05) is 27.8 Å². The van der Waals surface area contributed by atoms with E-state index in [1.54, 1.807) is 30.6 Å². The lowest BCUT2D eigenvalue weighted by Crippen LogP contribution is -2.36. The van der Waals surface area contributed by atoms with Gasteiger partial charge in [-0.1, -0.05) is 17.3 Å². The number of hydrazone groups is 1. The number of rotatable bonds is 8. The molecule has 0 aliphatic carbocycles. The van der Waals surface area contributed by atoms with Crippen LogP contribution in [-0.4, -0.2) is 54.5 Å². The van der Waals surface area contributed by atoms with Gasteiger partial charge in [0, 0.05) is 18.5 Å². The maximum absolute atomic E-state index is 13.4. The largest absolute Gasteiger partial charge is 0.493 e. The number of thiophene rings is 1. The predicted molar refractivity (Wildman–Crippen MR) is 127 cm³/mol. The number of carbonyl (C=O) groups is 1. The second-order valence-electron chi connectivity index (χ2n) is 8.07. The van der Waals surface area contributed by atoms with E-state index >= 15 is 0 Å². The van der Waals surface area contributed by atoms with Crippen LogP contribution in [0.2, 0.25) is 0 Å². The summed E-state index contributed by atoms with van der Waals surface area (Å²) >= 11 is 1.62. The molecule has 0 spiro atoms. The van der Waals surface area contributed by atoms with E-state index in [1.165, 1.54) is 0 Å². The topological polar surface area (TPSA) is 80.4 Å². The molecule has 0 saturated heterocycles. The van der Waals surface area contributed by atoms with Crippen LogP contribution >= 0.6 is 11.3 Å². The lowest BCUT2D eigenvalue weighted by Gasteiger charge is -2.25. The van der Waals surface area contributed by atoms with Gasteiger partial charge < -0.3 is 14.0 Å². The molecule has 9 heteroatoms. The Morgan fingerprint density at radius 2 is 2.03 bits per heavy atom. The molecule has 1 atom stereocenters. The summed E-state index contributed by atoms with van der Waals surface area (Å²) in [4.78, 5) is 16.4. The summed E-state index contributed by atoms with van der Waals surface area (Å²) < 4.78 is 16.1. The Balaban J connectivity index is 1.58. The van der Waals surface area contributed by atoms with Crippen LogP contribution in [-0.2, 0) is 11.3 Å². The third kappa shape index (κ3) is 4.79. The van der Waals surface area contributed by atoms with Crippen molar-refractivity contribution in [3.8, 4) is 11.5 Å². The average Bonchev–Trinajstić information content (AvgIpc) is 3.55. The van der Waals surface area contributed by atoms with Crippen molar-refractivity contribution >= 4 is 23.0 Å². The van der Waals surface area contributed by atoms with E-state index in [0.29, 0.717) is 24.5 Å². The number of aryl methyl sites for hydroxylation is 2. The average molecular weight is 469 g/mol. The smallest absolute Gasteiger partial charge is 0.257 e. The SMILES string of the molecule is COc1ccc(C2CC(c3cccs3)=NN2C(=O)CN(C)Cc2c(C)noc2C)cc1OC. The molecule has 0 fully saturated rings. The first-order valence-corrected chi connectivity index (χ1v) is 11.5. The van der Waals surface area contributed by atoms with Gasteiger partial charge in [0.15, 0.2) is 11.5 Å². The van der Waals surface area contributed by atoms with E-state index in [9.17, 15) is 4.79 Å². The quantitative estimate of drug-likeness (QED) is 0.493. The highest BCUT2D eigenvalue weighted by Gasteiger charge is 2.34. The molecule has 33 heavy (non-hydrogen) atoms. The summed E-state index contributed by atoms with van der Waals surface area (Å²) in [5.41, 5.74) is 3.70. The molecule has 3 heterocycles. The summed E-state index contributed by atoms with van der Waals surface area (Å²) in [6, 6.07) is 9.56. The Labute approximate surface area is 197 Å². The number of nitrogens with zero attached hydrogens (tertiary/aromatic N) is 4. The molecular weight excluding hydrogens is 440 g/mol. The zero-order valence-corrected chi connectivity index (χ0v) is 20.3. The molecule has 1 aromatic carbocycles. The fourth-order valence-electron chi connectivity index (χ4n) is 4.01. The summed E-state index contributed by atoms with van der Waals surface area (Å²) in [6.07, 6.45) is 0.634. The molecule has 1 amide bonds. The first-order chi connectivity index (χ1) is 15.9. The lowest BCUT2D eigenvalue weighted by atomic mass is 10.0. The van der Waals surface area contributed by atoms with Crippen molar-refractivity contribution in [3.05, 3.63) is 63.2 Å². The summed E-state index contributed by atoms with van der Waals surface area (Å²) in [6.45, 7) is 4.58. The zero-order valence-electron chi connectivity index (χ0n) is 19.5. The van der Waals surface area contributed by atoms with Crippen LogP contribution in [0.15, 0.2) is 45.3 Å². The molecule has 0 saturated carbocycles. The van der Waals surface area contributed by atoms with Gasteiger partial charge in [-0.2, -0.15) is 5.10 Å². The number of amides is 1. The van der Waals surface area contributed by atoms with E-state index in [-0.39, 0.29) is 18.5 Å². The van der Waals surface area contributed by atoms with Crippen molar-refractivity contribution in [1.82, 2.24) is 15.1 Å². The van der Waals surface area contributed by atoms with Crippen LogP contribution in [0.4, 0.5) is 0 Å². The molecule has 1 aliphatic rings. The second kappa shape index (κ2) is 9.76. The van der Waals surface area contributed by atoms with E-state index in [4.69, 9.17) is 19.1 Å². The highest BCUT2D eigenvalue weighted by Crippen LogP contribution is 2.38.